The molecule has 0 aliphatic carbocycles. The number of methoxy groups -OCH3 is 2. The summed E-state index contributed by atoms with van der Waals surface area (Å²) in [7, 11) is -0.778. The van der Waals surface area contributed by atoms with Gasteiger partial charge in [-0.05, 0) is 49.9 Å². The Bertz CT molecular complexity index is 1050. The summed E-state index contributed by atoms with van der Waals surface area (Å²) in [5.41, 5.74) is 0.552. The summed E-state index contributed by atoms with van der Waals surface area (Å²) in [6.45, 7) is 2.33. The summed E-state index contributed by atoms with van der Waals surface area (Å²) >= 11 is 0. The van der Waals surface area contributed by atoms with E-state index in [-0.39, 0.29) is 41.7 Å². The van der Waals surface area contributed by atoms with Gasteiger partial charge in [0, 0.05) is 31.1 Å². The van der Waals surface area contributed by atoms with Gasteiger partial charge in [0.2, 0.25) is 15.9 Å². The second-order valence-corrected chi connectivity index (χ2v) is 9.84. The van der Waals surface area contributed by atoms with Crippen LogP contribution in [0.4, 0.5) is 4.39 Å². The van der Waals surface area contributed by atoms with E-state index < -0.39 is 10.0 Å². The Morgan fingerprint density at radius 2 is 1.78 bits per heavy atom. The number of hydrogen-bond donors (Lipinski definition) is 1. The molecule has 0 aromatic heterocycles. The van der Waals surface area contributed by atoms with E-state index in [1.165, 1.54) is 36.7 Å². The molecule has 3 rings (SSSR count). The molecule has 0 saturated carbocycles. The van der Waals surface area contributed by atoms with E-state index in [2.05, 4.69) is 5.32 Å². The first kappa shape index (κ1) is 24.0. The molecule has 0 spiro atoms. The Morgan fingerprint density at radius 3 is 2.41 bits per heavy atom. The molecule has 1 aliphatic rings. The Morgan fingerprint density at radius 1 is 1.12 bits per heavy atom. The number of ether oxygens (including phenoxy) is 2. The van der Waals surface area contributed by atoms with Gasteiger partial charge < -0.3 is 14.8 Å². The number of benzene rings is 2. The molecule has 7 nitrogen and oxygen atoms in total. The third-order valence-electron chi connectivity index (χ3n) is 5.69. The summed E-state index contributed by atoms with van der Waals surface area (Å²) in [5.74, 6) is 0.0900. The molecule has 1 fully saturated rings. The van der Waals surface area contributed by atoms with Crippen LogP contribution in [-0.2, 0) is 21.2 Å². The van der Waals surface area contributed by atoms with Crippen molar-refractivity contribution in [2.45, 2.75) is 37.1 Å². The zero-order valence-corrected chi connectivity index (χ0v) is 19.3. The summed E-state index contributed by atoms with van der Waals surface area (Å²) in [4.78, 5) is 12.8. The SMILES string of the molecule is COc1ccc(S(=O)(=O)N2CCC(C(=O)NC(C)Cc3ccccc3F)CC2)cc1OC. The number of piperidine rings is 1. The van der Waals surface area contributed by atoms with Crippen molar-refractivity contribution in [2.24, 2.45) is 5.92 Å². The molecule has 32 heavy (non-hydrogen) atoms. The Labute approximate surface area is 188 Å². The van der Waals surface area contributed by atoms with Crippen molar-refractivity contribution in [3.8, 4) is 11.5 Å². The largest absolute Gasteiger partial charge is 0.493 e. The fourth-order valence-electron chi connectivity index (χ4n) is 3.89. The monoisotopic (exact) mass is 464 g/mol. The van der Waals surface area contributed by atoms with Gasteiger partial charge in [0.1, 0.15) is 5.82 Å². The number of carbonyl (C=O) groups excluding carboxylic acids is 1. The van der Waals surface area contributed by atoms with Crippen LogP contribution >= 0.6 is 0 Å². The lowest BCUT2D eigenvalue weighted by Crippen LogP contribution is -2.45. The van der Waals surface area contributed by atoms with Crippen LogP contribution < -0.4 is 14.8 Å². The zero-order valence-electron chi connectivity index (χ0n) is 18.5. The van der Waals surface area contributed by atoms with Crippen molar-refractivity contribution in [3.05, 3.63) is 53.8 Å². The number of carbonyl (C=O) groups is 1. The van der Waals surface area contributed by atoms with Crippen molar-refractivity contribution >= 4 is 15.9 Å². The average Bonchev–Trinajstić information content (AvgIpc) is 2.80. The van der Waals surface area contributed by atoms with Gasteiger partial charge in [-0.15, -0.1) is 0 Å². The lowest BCUT2D eigenvalue weighted by Gasteiger charge is -2.31. The second-order valence-electron chi connectivity index (χ2n) is 7.90. The molecule has 1 unspecified atom stereocenters. The van der Waals surface area contributed by atoms with Crippen LogP contribution in [-0.4, -0.2) is 52.0 Å². The van der Waals surface area contributed by atoms with E-state index in [9.17, 15) is 17.6 Å². The number of nitrogens with zero attached hydrogens (tertiary/aromatic N) is 1. The van der Waals surface area contributed by atoms with Crippen LogP contribution in [0.3, 0.4) is 0 Å². The first-order valence-electron chi connectivity index (χ1n) is 10.5. The summed E-state index contributed by atoms with van der Waals surface area (Å²) in [6, 6.07) is 10.8. The third kappa shape index (κ3) is 5.39. The maximum atomic E-state index is 13.8. The normalized spacial score (nSPS) is 16.4. The van der Waals surface area contributed by atoms with E-state index >= 15 is 0 Å². The van der Waals surface area contributed by atoms with Gasteiger partial charge in [-0.3, -0.25) is 4.79 Å². The van der Waals surface area contributed by atoms with Crippen molar-refractivity contribution in [1.82, 2.24) is 9.62 Å². The molecular weight excluding hydrogens is 435 g/mol. The average molecular weight is 465 g/mol. The third-order valence-corrected chi connectivity index (χ3v) is 7.58. The maximum absolute atomic E-state index is 13.8. The first-order valence-corrected chi connectivity index (χ1v) is 12.0. The number of sulfonamides is 1. The highest BCUT2D eigenvalue weighted by Crippen LogP contribution is 2.32. The lowest BCUT2D eigenvalue weighted by molar-refractivity contribution is -0.126. The van der Waals surface area contributed by atoms with Gasteiger partial charge in [-0.1, -0.05) is 18.2 Å². The summed E-state index contributed by atoms with van der Waals surface area (Å²) in [5, 5.41) is 2.93. The van der Waals surface area contributed by atoms with Crippen molar-refractivity contribution in [2.75, 3.05) is 27.3 Å². The van der Waals surface area contributed by atoms with Crippen LogP contribution in [0.25, 0.3) is 0 Å². The standard InChI is InChI=1S/C23H29FN2O5S/c1-16(14-18-6-4-5-7-20(18)24)25-23(27)17-10-12-26(13-11-17)32(28,29)19-8-9-21(30-2)22(15-19)31-3/h4-9,15-17H,10-14H2,1-3H3,(H,25,27). The minimum absolute atomic E-state index is 0.122. The summed E-state index contributed by atoms with van der Waals surface area (Å²) in [6.07, 6.45) is 1.24. The minimum Gasteiger partial charge on any atom is -0.493 e. The second kappa shape index (κ2) is 10.3. The molecule has 0 bridgehead atoms. The van der Waals surface area contributed by atoms with Crippen molar-refractivity contribution in [3.63, 3.8) is 0 Å². The number of amides is 1. The van der Waals surface area contributed by atoms with E-state index in [1.807, 2.05) is 6.92 Å². The van der Waals surface area contributed by atoms with Crippen LogP contribution in [0.2, 0.25) is 0 Å². The molecule has 0 radical (unpaired) electrons. The lowest BCUT2D eigenvalue weighted by atomic mass is 9.96. The highest BCUT2D eigenvalue weighted by atomic mass is 32.2. The Hall–Kier alpha value is -2.65. The number of nitrogens with one attached hydrogen (secondary N) is 1. The molecule has 2 aromatic rings. The molecule has 1 saturated heterocycles. The van der Waals surface area contributed by atoms with Gasteiger partial charge in [0.25, 0.3) is 0 Å². The fourth-order valence-corrected chi connectivity index (χ4v) is 5.38. The zero-order chi connectivity index (χ0) is 23.3. The molecular formula is C23H29FN2O5S. The van der Waals surface area contributed by atoms with Gasteiger partial charge >= 0.3 is 0 Å². The molecule has 1 aliphatic heterocycles. The van der Waals surface area contributed by atoms with Gasteiger partial charge in [0.05, 0.1) is 19.1 Å². The highest BCUT2D eigenvalue weighted by molar-refractivity contribution is 7.89. The van der Waals surface area contributed by atoms with Crippen molar-refractivity contribution in [1.29, 1.82) is 0 Å². The first-order chi connectivity index (χ1) is 15.3. The molecule has 1 atom stereocenters. The quantitative estimate of drug-likeness (QED) is 0.649. The molecule has 2 aromatic carbocycles. The van der Waals surface area contributed by atoms with E-state index in [0.717, 1.165) is 0 Å². The molecule has 9 heteroatoms. The van der Waals surface area contributed by atoms with Crippen LogP contribution in [0.1, 0.15) is 25.3 Å². The maximum Gasteiger partial charge on any atom is 0.243 e. The predicted molar refractivity (Wildman–Crippen MR) is 119 cm³/mol. The van der Waals surface area contributed by atoms with Gasteiger partial charge in [0.15, 0.2) is 11.5 Å². The van der Waals surface area contributed by atoms with Crippen LogP contribution in [0.5, 0.6) is 11.5 Å². The number of rotatable bonds is 8. The highest BCUT2D eigenvalue weighted by Gasteiger charge is 2.33. The van der Waals surface area contributed by atoms with E-state index in [4.69, 9.17) is 9.47 Å². The molecule has 1 amide bonds. The number of halogens is 1. The molecule has 174 valence electrons. The summed E-state index contributed by atoms with van der Waals surface area (Å²) < 4.78 is 51.7. The molecule has 1 heterocycles. The minimum atomic E-state index is -3.71. The topological polar surface area (TPSA) is 84.9 Å². The van der Waals surface area contributed by atoms with E-state index in [0.29, 0.717) is 36.3 Å². The van der Waals surface area contributed by atoms with Crippen molar-refractivity contribution < 1.29 is 27.1 Å². The number of hydrogen-bond acceptors (Lipinski definition) is 5. The molecule has 1 N–H and O–H groups in total. The predicted octanol–water partition coefficient (Wildman–Crippen LogP) is 2.99. The Balaban J connectivity index is 1.58. The Kier molecular flexibility index (Phi) is 7.73. The fraction of sp³-hybridized carbons (Fsp3) is 0.435. The van der Waals surface area contributed by atoms with Gasteiger partial charge in [-0.25, -0.2) is 12.8 Å². The van der Waals surface area contributed by atoms with Crippen LogP contribution in [0.15, 0.2) is 47.4 Å². The van der Waals surface area contributed by atoms with E-state index in [1.54, 1.807) is 24.3 Å². The van der Waals surface area contributed by atoms with Crippen LogP contribution in [0, 0.1) is 11.7 Å². The van der Waals surface area contributed by atoms with Gasteiger partial charge in [-0.2, -0.15) is 4.31 Å². The smallest absolute Gasteiger partial charge is 0.243 e.